The number of nitrogens with zero attached hydrogens (tertiary/aromatic N) is 5. The number of aryl methyl sites for hydroxylation is 1. The third-order valence-corrected chi connectivity index (χ3v) is 6.84. The van der Waals surface area contributed by atoms with E-state index in [0.29, 0.717) is 18.0 Å². The Balaban J connectivity index is 1.46. The fourth-order valence-corrected chi connectivity index (χ4v) is 4.67. The van der Waals surface area contributed by atoms with Crippen molar-refractivity contribution in [1.82, 2.24) is 14.8 Å². The molecule has 0 amide bonds. The van der Waals surface area contributed by atoms with Crippen LogP contribution in [0.15, 0.2) is 84.0 Å². The molecule has 0 bridgehead atoms. The zero-order chi connectivity index (χ0) is 26.0. The Morgan fingerprint density at radius 2 is 1.73 bits per heavy atom. The van der Waals surface area contributed by atoms with Crippen LogP contribution in [0.5, 0.6) is 5.75 Å². The highest BCUT2D eigenvalue weighted by Crippen LogP contribution is 2.26. The third-order valence-electron chi connectivity index (χ3n) is 5.80. The number of nitriles is 1. The lowest BCUT2D eigenvalue weighted by Crippen LogP contribution is -2.08. The number of unbranched alkanes of at least 4 members (excludes halogenated alkanes) is 1. The first-order valence-corrected chi connectivity index (χ1v) is 13.0. The molecule has 188 valence electrons. The van der Waals surface area contributed by atoms with E-state index in [9.17, 15) is 15.4 Å². The minimum atomic E-state index is -0.673. The van der Waals surface area contributed by atoms with Gasteiger partial charge in [0.15, 0.2) is 5.16 Å². The van der Waals surface area contributed by atoms with Gasteiger partial charge < -0.3 is 9.30 Å². The van der Waals surface area contributed by atoms with Crippen molar-refractivity contribution in [2.75, 3.05) is 0 Å². The summed E-state index contributed by atoms with van der Waals surface area (Å²) in [6, 6.07) is 26.0. The molecule has 0 saturated carbocycles. The molecule has 0 N–H and O–H groups in total. The summed E-state index contributed by atoms with van der Waals surface area (Å²) in [5.41, 5.74) is 2.94. The SMILES string of the molecule is CCCCc1nnc(SCc2ccc([N+](=O)[O-])cc2)n1Cc1ccc(OC(C#N)c2ccccc2)cc1. The first-order chi connectivity index (χ1) is 18.1. The molecule has 3 aromatic carbocycles. The largest absolute Gasteiger partial charge is 0.471 e. The smallest absolute Gasteiger partial charge is 0.269 e. The fourth-order valence-electron chi connectivity index (χ4n) is 3.76. The van der Waals surface area contributed by atoms with Crippen LogP contribution in [-0.2, 0) is 18.7 Å². The lowest BCUT2D eigenvalue weighted by atomic mass is 10.1. The number of nitro groups is 1. The van der Waals surface area contributed by atoms with Gasteiger partial charge in [-0.25, -0.2) is 0 Å². The van der Waals surface area contributed by atoms with Crippen molar-refractivity contribution >= 4 is 17.4 Å². The molecule has 0 aliphatic rings. The van der Waals surface area contributed by atoms with Gasteiger partial charge in [0.05, 0.1) is 11.5 Å². The van der Waals surface area contributed by atoms with E-state index in [1.165, 1.54) is 12.1 Å². The second-order valence-corrected chi connectivity index (χ2v) is 9.42. The summed E-state index contributed by atoms with van der Waals surface area (Å²) < 4.78 is 8.04. The van der Waals surface area contributed by atoms with Gasteiger partial charge in [0.25, 0.3) is 5.69 Å². The fraction of sp³-hybridized carbons (Fsp3) is 0.250. The number of non-ortho nitro benzene ring substituents is 1. The maximum absolute atomic E-state index is 10.9. The Labute approximate surface area is 220 Å². The Kier molecular flexibility index (Phi) is 8.89. The van der Waals surface area contributed by atoms with Crippen LogP contribution >= 0.6 is 11.8 Å². The highest BCUT2D eigenvalue weighted by atomic mass is 32.2. The van der Waals surface area contributed by atoms with Crippen LogP contribution in [0.1, 0.15) is 48.4 Å². The second-order valence-electron chi connectivity index (χ2n) is 8.48. The Morgan fingerprint density at radius 1 is 1.03 bits per heavy atom. The first kappa shape index (κ1) is 25.9. The first-order valence-electron chi connectivity index (χ1n) is 12.1. The molecule has 0 aliphatic heterocycles. The predicted octanol–water partition coefficient (Wildman–Crippen LogP) is 6.51. The molecule has 0 spiro atoms. The molecule has 9 heteroatoms. The van der Waals surface area contributed by atoms with Gasteiger partial charge in [-0.2, -0.15) is 5.26 Å². The van der Waals surface area contributed by atoms with E-state index in [0.717, 1.165) is 46.9 Å². The summed E-state index contributed by atoms with van der Waals surface area (Å²) in [6.45, 7) is 2.75. The zero-order valence-electron chi connectivity index (χ0n) is 20.5. The van der Waals surface area contributed by atoms with Gasteiger partial charge in [-0.3, -0.25) is 10.1 Å². The number of aromatic nitrogens is 3. The van der Waals surface area contributed by atoms with E-state index in [-0.39, 0.29) is 5.69 Å². The van der Waals surface area contributed by atoms with E-state index in [1.807, 2.05) is 54.6 Å². The van der Waals surface area contributed by atoms with Crippen LogP contribution in [0, 0.1) is 21.4 Å². The molecule has 1 unspecified atom stereocenters. The van der Waals surface area contributed by atoms with Crippen LogP contribution in [0.3, 0.4) is 0 Å². The number of benzene rings is 3. The van der Waals surface area contributed by atoms with Crippen LogP contribution in [0.4, 0.5) is 5.69 Å². The molecule has 4 rings (SSSR count). The number of hydrogen-bond donors (Lipinski definition) is 0. The lowest BCUT2D eigenvalue weighted by Gasteiger charge is -2.14. The number of ether oxygens (including phenoxy) is 1. The number of hydrogen-bond acceptors (Lipinski definition) is 7. The van der Waals surface area contributed by atoms with Crippen molar-refractivity contribution in [2.45, 2.75) is 49.7 Å². The van der Waals surface area contributed by atoms with E-state index in [2.05, 4.69) is 27.8 Å². The molecule has 37 heavy (non-hydrogen) atoms. The van der Waals surface area contributed by atoms with E-state index < -0.39 is 11.0 Å². The van der Waals surface area contributed by atoms with Gasteiger partial charge in [-0.1, -0.05) is 79.7 Å². The maximum atomic E-state index is 10.9. The molecular weight excluding hydrogens is 486 g/mol. The van der Waals surface area contributed by atoms with Gasteiger partial charge in [0.2, 0.25) is 6.10 Å². The Morgan fingerprint density at radius 3 is 2.38 bits per heavy atom. The van der Waals surface area contributed by atoms with Crippen LogP contribution in [0.2, 0.25) is 0 Å². The van der Waals surface area contributed by atoms with E-state index in [4.69, 9.17) is 4.74 Å². The quantitative estimate of drug-likeness (QED) is 0.121. The minimum Gasteiger partial charge on any atom is -0.471 e. The van der Waals surface area contributed by atoms with Crippen LogP contribution in [0.25, 0.3) is 0 Å². The molecule has 0 radical (unpaired) electrons. The zero-order valence-corrected chi connectivity index (χ0v) is 21.3. The van der Waals surface area contributed by atoms with Crippen molar-refractivity contribution in [3.05, 3.63) is 111 Å². The predicted molar refractivity (Wildman–Crippen MR) is 142 cm³/mol. The summed E-state index contributed by atoms with van der Waals surface area (Å²) in [5.74, 6) is 2.19. The number of rotatable bonds is 12. The van der Waals surface area contributed by atoms with E-state index >= 15 is 0 Å². The van der Waals surface area contributed by atoms with Crippen molar-refractivity contribution in [3.8, 4) is 11.8 Å². The summed E-state index contributed by atoms with van der Waals surface area (Å²) in [4.78, 5) is 10.5. The molecule has 0 aliphatic carbocycles. The molecule has 1 heterocycles. The Bertz CT molecular complexity index is 1350. The summed E-state index contributed by atoms with van der Waals surface area (Å²) in [7, 11) is 0. The summed E-state index contributed by atoms with van der Waals surface area (Å²) >= 11 is 1.56. The van der Waals surface area contributed by atoms with Gasteiger partial charge in [0, 0.05) is 29.9 Å². The average Bonchev–Trinajstić information content (AvgIpc) is 3.31. The summed E-state index contributed by atoms with van der Waals surface area (Å²) in [5, 5.41) is 30.1. The molecule has 1 atom stereocenters. The maximum Gasteiger partial charge on any atom is 0.269 e. The lowest BCUT2D eigenvalue weighted by molar-refractivity contribution is -0.384. The standard InChI is InChI=1S/C28H27N5O3S/c1-2-3-9-27-30-31-28(37-20-22-10-14-24(15-11-22)33(34)35)32(27)19-21-12-16-25(17-13-21)36-26(18-29)23-7-5-4-6-8-23/h4-8,10-17,26H,2-3,9,19-20H2,1H3. The van der Waals surface area contributed by atoms with Gasteiger partial charge >= 0.3 is 0 Å². The van der Waals surface area contributed by atoms with E-state index in [1.54, 1.807) is 23.9 Å². The topological polar surface area (TPSA) is 107 Å². The molecular formula is C28H27N5O3S. The van der Waals surface area contributed by atoms with Crippen molar-refractivity contribution in [2.24, 2.45) is 0 Å². The molecule has 0 saturated heterocycles. The second kappa shape index (κ2) is 12.7. The van der Waals surface area contributed by atoms with Crippen molar-refractivity contribution < 1.29 is 9.66 Å². The molecule has 1 aromatic heterocycles. The average molecular weight is 514 g/mol. The van der Waals surface area contributed by atoms with Crippen LogP contribution < -0.4 is 4.74 Å². The number of thioether (sulfide) groups is 1. The highest BCUT2D eigenvalue weighted by molar-refractivity contribution is 7.98. The summed E-state index contributed by atoms with van der Waals surface area (Å²) in [6.07, 6.45) is 2.25. The van der Waals surface area contributed by atoms with Gasteiger partial charge in [-0.05, 0) is 29.7 Å². The molecule has 4 aromatic rings. The van der Waals surface area contributed by atoms with Crippen molar-refractivity contribution in [1.29, 1.82) is 5.26 Å². The number of nitro benzene ring substituents is 1. The molecule has 8 nitrogen and oxygen atoms in total. The van der Waals surface area contributed by atoms with Gasteiger partial charge in [0.1, 0.15) is 17.6 Å². The van der Waals surface area contributed by atoms with Crippen LogP contribution in [-0.4, -0.2) is 19.7 Å². The van der Waals surface area contributed by atoms with Crippen molar-refractivity contribution in [3.63, 3.8) is 0 Å². The minimum absolute atomic E-state index is 0.0797. The third kappa shape index (κ3) is 6.96. The van der Waals surface area contributed by atoms with Gasteiger partial charge in [-0.15, -0.1) is 10.2 Å². The molecule has 0 fully saturated rings. The monoisotopic (exact) mass is 513 g/mol. The Hall–Kier alpha value is -4.16. The normalized spacial score (nSPS) is 11.6. The highest BCUT2D eigenvalue weighted by Gasteiger charge is 2.15.